The van der Waals surface area contributed by atoms with Crippen LogP contribution in [0.5, 0.6) is 0 Å². The lowest BCUT2D eigenvalue weighted by Gasteiger charge is -2.33. The number of carbonyl (C=O) groups excluding carboxylic acids is 2. The Hall–Kier alpha value is -2.03. The van der Waals surface area contributed by atoms with Crippen LogP contribution in [0.15, 0.2) is 35.5 Å². The average Bonchev–Trinajstić information content (AvgIpc) is 3.31. The fourth-order valence-corrected chi connectivity index (χ4v) is 4.21. The van der Waals surface area contributed by atoms with Crippen molar-refractivity contribution in [3.63, 3.8) is 0 Å². The van der Waals surface area contributed by atoms with E-state index in [2.05, 4.69) is 21.8 Å². The van der Waals surface area contributed by atoms with Crippen LogP contribution in [0.2, 0.25) is 0 Å². The predicted octanol–water partition coefficient (Wildman–Crippen LogP) is 1.93. The number of piperazine rings is 1. The topological polar surface area (TPSA) is 65.5 Å². The third-order valence-corrected chi connectivity index (χ3v) is 5.81. The smallest absolute Gasteiger partial charge is 0.273 e. The summed E-state index contributed by atoms with van der Waals surface area (Å²) >= 11 is 3.12. The Morgan fingerprint density at radius 3 is 2.76 bits per heavy atom. The van der Waals surface area contributed by atoms with E-state index in [9.17, 15) is 9.59 Å². The Bertz CT molecular complexity index is 734. The molecule has 1 saturated heterocycles. The van der Waals surface area contributed by atoms with Crippen molar-refractivity contribution in [2.75, 3.05) is 39.3 Å². The van der Waals surface area contributed by atoms with Gasteiger partial charge in [-0.3, -0.25) is 14.5 Å². The summed E-state index contributed by atoms with van der Waals surface area (Å²) in [5.74, 6) is -0.0467. The zero-order valence-corrected chi connectivity index (χ0v) is 15.4. The molecule has 0 atom stereocenters. The summed E-state index contributed by atoms with van der Waals surface area (Å²) in [6.45, 7) is 7.02. The lowest BCUT2D eigenvalue weighted by molar-refractivity contribution is -0.122. The van der Waals surface area contributed by atoms with E-state index >= 15 is 0 Å². The van der Waals surface area contributed by atoms with Crippen molar-refractivity contribution >= 4 is 34.5 Å². The molecule has 8 heteroatoms. The highest BCUT2D eigenvalue weighted by Crippen LogP contribution is 2.28. The van der Waals surface area contributed by atoms with Gasteiger partial charge in [-0.15, -0.1) is 29.3 Å². The summed E-state index contributed by atoms with van der Waals surface area (Å²) in [6.07, 6.45) is 1.66. The molecule has 3 rings (SSSR count). The molecule has 1 aliphatic rings. The molecule has 1 N–H and O–H groups in total. The van der Waals surface area contributed by atoms with Crippen LogP contribution in [0.1, 0.15) is 10.5 Å². The van der Waals surface area contributed by atoms with Crippen molar-refractivity contribution in [1.29, 1.82) is 0 Å². The lowest BCUT2D eigenvalue weighted by atomic mass is 10.3. The van der Waals surface area contributed by atoms with E-state index in [4.69, 9.17) is 0 Å². The second kappa shape index (κ2) is 8.37. The van der Waals surface area contributed by atoms with Gasteiger partial charge in [-0.25, -0.2) is 4.98 Å². The minimum absolute atomic E-state index is 0.0141. The van der Waals surface area contributed by atoms with Gasteiger partial charge in [-0.05, 0) is 11.4 Å². The quantitative estimate of drug-likeness (QED) is 0.783. The molecule has 1 aliphatic heterocycles. The molecule has 25 heavy (non-hydrogen) atoms. The maximum absolute atomic E-state index is 12.6. The van der Waals surface area contributed by atoms with Crippen LogP contribution in [0, 0.1) is 0 Å². The number of nitrogens with zero attached hydrogens (tertiary/aromatic N) is 3. The highest BCUT2D eigenvalue weighted by atomic mass is 32.1. The number of thiazole rings is 1. The Morgan fingerprint density at radius 2 is 2.08 bits per heavy atom. The van der Waals surface area contributed by atoms with E-state index in [1.54, 1.807) is 17.4 Å². The van der Waals surface area contributed by atoms with Gasteiger partial charge >= 0.3 is 0 Å². The molecule has 0 radical (unpaired) electrons. The first kappa shape index (κ1) is 17.8. The number of nitrogens with one attached hydrogen (secondary N) is 1. The summed E-state index contributed by atoms with van der Waals surface area (Å²) in [5, 5.41) is 7.48. The molecule has 0 aliphatic carbocycles. The number of thiophene rings is 1. The second-order valence-electron chi connectivity index (χ2n) is 5.68. The summed E-state index contributed by atoms with van der Waals surface area (Å²) in [5.41, 5.74) is 0.505. The Labute approximate surface area is 154 Å². The van der Waals surface area contributed by atoms with E-state index in [0.29, 0.717) is 45.0 Å². The normalized spacial score (nSPS) is 15.1. The van der Waals surface area contributed by atoms with Crippen LogP contribution in [0.25, 0.3) is 9.88 Å². The first-order valence-corrected chi connectivity index (χ1v) is 9.82. The van der Waals surface area contributed by atoms with Crippen LogP contribution >= 0.6 is 22.7 Å². The molecular formula is C17H20N4O2S2. The predicted molar refractivity (Wildman–Crippen MR) is 101 cm³/mol. The van der Waals surface area contributed by atoms with E-state index in [1.807, 2.05) is 27.8 Å². The Kier molecular flexibility index (Phi) is 5.95. The minimum atomic E-state index is -0.0326. The molecule has 2 aromatic rings. The maximum atomic E-state index is 12.6. The van der Waals surface area contributed by atoms with Crippen LogP contribution in [-0.4, -0.2) is 65.9 Å². The molecule has 1 fully saturated rings. The fourth-order valence-electron chi connectivity index (χ4n) is 2.60. The van der Waals surface area contributed by atoms with Gasteiger partial charge in [0.05, 0.1) is 11.4 Å². The van der Waals surface area contributed by atoms with Crippen molar-refractivity contribution in [2.24, 2.45) is 0 Å². The molecule has 0 saturated carbocycles. The number of hydrogen-bond donors (Lipinski definition) is 1. The molecule has 0 aromatic carbocycles. The number of carbonyl (C=O) groups is 2. The molecule has 3 heterocycles. The van der Waals surface area contributed by atoms with Crippen LogP contribution < -0.4 is 5.32 Å². The molecular weight excluding hydrogens is 356 g/mol. The fraction of sp³-hybridized carbons (Fsp3) is 0.353. The number of hydrogen-bond acceptors (Lipinski definition) is 6. The SMILES string of the molecule is C=CCNC(=O)CN1CCN(C(=O)c2csc(-c3cccs3)n2)CC1. The molecule has 6 nitrogen and oxygen atoms in total. The van der Waals surface area contributed by atoms with Crippen LogP contribution in [0.4, 0.5) is 0 Å². The van der Waals surface area contributed by atoms with Gasteiger partial charge in [-0.1, -0.05) is 12.1 Å². The molecule has 0 bridgehead atoms. The van der Waals surface area contributed by atoms with Crippen molar-refractivity contribution < 1.29 is 9.59 Å². The van der Waals surface area contributed by atoms with Crippen molar-refractivity contribution in [3.8, 4) is 9.88 Å². The Balaban J connectivity index is 1.52. The van der Waals surface area contributed by atoms with Gasteiger partial charge in [-0.2, -0.15) is 0 Å². The second-order valence-corrected chi connectivity index (χ2v) is 7.48. The van der Waals surface area contributed by atoms with Crippen molar-refractivity contribution in [2.45, 2.75) is 0 Å². The molecule has 0 unspecified atom stereocenters. The average molecular weight is 377 g/mol. The highest BCUT2D eigenvalue weighted by molar-refractivity contribution is 7.20. The zero-order chi connectivity index (χ0) is 17.6. The van der Waals surface area contributed by atoms with E-state index in [0.717, 1.165) is 9.88 Å². The van der Waals surface area contributed by atoms with Gasteiger partial charge in [0.1, 0.15) is 10.7 Å². The van der Waals surface area contributed by atoms with Crippen molar-refractivity contribution in [1.82, 2.24) is 20.1 Å². The van der Waals surface area contributed by atoms with Gasteiger partial charge in [0.25, 0.3) is 5.91 Å². The summed E-state index contributed by atoms with van der Waals surface area (Å²) in [7, 11) is 0. The summed E-state index contributed by atoms with van der Waals surface area (Å²) < 4.78 is 0. The summed E-state index contributed by atoms with van der Waals surface area (Å²) in [4.78, 5) is 33.8. The molecule has 2 aromatic heterocycles. The van der Waals surface area contributed by atoms with Crippen molar-refractivity contribution in [3.05, 3.63) is 41.2 Å². The maximum Gasteiger partial charge on any atom is 0.273 e. The highest BCUT2D eigenvalue weighted by Gasteiger charge is 2.24. The van der Waals surface area contributed by atoms with Gasteiger partial charge in [0.2, 0.25) is 5.91 Å². The van der Waals surface area contributed by atoms with Gasteiger partial charge < -0.3 is 10.2 Å². The number of amides is 2. The van der Waals surface area contributed by atoms with E-state index < -0.39 is 0 Å². The van der Waals surface area contributed by atoms with E-state index in [1.165, 1.54) is 11.3 Å². The zero-order valence-electron chi connectivity index (χ0n) is 13.8. The van der Waals surface area contributed by atoms with E-state index in [-0.39, 0.29) is 11.8 Å². The third-order valence-electron chi connectivity index (χ3n) is 3.93. The molecule has 0 spiro atoms. The first-order valence-electron chi connectivity index (χ1n) is 8.06. The first-order chi connectivity index (χ1) is 12.2. The standard InChI is InChI=1S/C17H20N4O2S2/c1-2-5-18-15(22)11-20-6-8-21(9-7-20)17(23)13-12-25-16(19-13)14-4-3-10-24-14/h2-4,10,12H,1,5-9,11H2,(H,18,22). The molecule has 2 amide bonds. The van der Waals surface area contributed by atoms with Crippen LogP contribution in [-0.2, 0) is 4.79 Å². The largest absolute Gasteiger partial charge is 0.352 e. The third kappa shape index (κ3) is 4.53. The number of rotatable bonds is 6. The van der Waals surface area contributed by atoms with Gasteiger partial charge in [0, 0.05) is 38.1 Å². The summed E-state index contributed by atoms with van der Waals surface area (Å²) in [6, 6.07) is 3.99. The minimum Gasteiger partial charge on any atom is -0.352 e. The lowest BCUT2D eigenvalue weighted by Crippen LogP contribution is -2.51. The number of aromatic nitrogens is 1. The molecule has 132 valence electrons. The monoisotopic (exact) mass is 376 g/mol. The van der Waals surface area contributed by atoms with Crippen LogP contribution in [0.3, 0.4) is 0 Å². The Morgan fingerprint density at radius 1 is 1.28 bits per heavy atom. The van der Waals surface area contributed by atoms with Gasteiger partial charge in [0.15, 0.2) is 0 Å².